The zero-order valence-electron chi connectivity index (χ0n) is 23.3. The van der Waals surface area contributed by atoms with E-state index < -0.39 is 0 Å². The molecule has 210 valence electrons. The average molecular weight is 570 g/mol. The third kappa shape index (κ3) is 5.71. The molecule has 1 amide bonds. The van der Waals surface area contributed by atoms with Crippen molar-refractivity contribution in [2.45, 2.75) is 39.4 Å². The Labute approximate surface area is 242 Å². The normalized spacial score (nSPS) is 13.7. The van der Waals surface area contributed by atoms with Crippen molar-refractivity contribution in [3.05, 3.63) is 89.0 Å². The summed E-state index contributed by atoms with van der Waals surface area (Å²) in [6.07, 6.45) is 7.80. The first kappa shape index (κ1) is 27.0. The highest BCUT2D eigenvalue weighted by Crippen LogP contribution is 2.38. The van der Waals surface area contributed by atoms with Gasteiger partial charge < -0.3 is 15.1 Å². The third-order valence-electron chi connectivity index (χ3n) is 7.61. The molecule has 4 heterocycles. The Morgan fingerprint density at radius 3 is 2.93 bits per heavy atom. The van der Waals surface area contributed by atoms with Gasteiger partial charge in [0.25, 0.3) is 0 Å². The van der Waals surface area contributed by atoms with E-state index >= 15 is 0 Å². The van der Waals surface area contributed by atoms with Gasteiger partial charge in [0.05, 0.1) is 30.2 Å². The van der Waals surface area contributed by atoms with E-state index in [1.165, 1.54) is 17.7 Å². The summed E-state index contributed by atoms with van der Waals surface area (Å²) < 4.78 is 15.5. The van der Waals surface area contributed by atoms with Crippen LogP contribution >= 0.6 is 11.3 Å². The molecule has 0 fully saturated rings. The van der Waals surface area contributed by atoms with Gasteiger partial charge in [-0.1, -0.05) is 18.2 Å². The predicted molar refractivity (Wildman–Crippen MR) is 162 cm³/mol. The van der Waals surface area contributed by atoms with Crippen molar-refractivity contribution in [3.8, 4) is 0 Å². The van der Waals surface area contributed by atoms with Gasteiger partial charge in [0, 0.05) is 41.2 Å². The number of likely N-dealkylation sites (N-methyl/N-ethyl adjacent to an activating group) is 1. The van der Waals surface area contributed by atoms with Gasteiger partial charge in [0.15, 0.2) is 0 Å². The van der Waals surface area contributed by atoms with Crippen LogP contribution in [0.5, 0.6) is 0 Å². The van der Waals surface area contributed by atoms with Gasteiger partial charge in [0.2, 0.25) is 5.91 Å². The first-order valence-corrected chi connectivity index (χ1v) is 14.6. The number of thiophene rings is 1. The van der Waals surface area contributed by atoms with Crippen molar-refractivity contribution in [3.63, 3.8) is 0 Å². The molecular formula is C31H32FN7OS. The number of nitrogens with one attached hydrogen (secondary N) is 1. The molecule has 0 saturated heterocycles. The summed E-state index contributed by atoms with van der Waals surface area (Å²) >= 11 is 1.63. The van der Waals surface area contributed by atoms with E-state index in [2.05, 4.69) is 46.2 Å². The molecule has 3 aromatic heterocycles. The van der Waals surface area contributed by atoms with Gasteiger partial charge in [-0.05, 0) is 68.8 Å². The first-order valence-electron chi connectivity index (χ1n) is 13.7. The number of rotatable bonds is 8. The number of carbonyl (C=O) groups is 1. The molecule has 1 aliphatic rings. The van der Waals surface area contributed by atoms with E-state index in [4.69, 9.17) is 0 Å². The Morgan fingerprint density at radius 1 is 1.22 bits per heavy atom. The lowest BCUT2D eigenvalue weighted by atomic mass is 10.0. The van der Waals surface area contributed by atoms with Crippen LogP contribution in [0.1, 0.15) is 29.9 Å². The van der Waals surface area contributed by atoms with E-state index in [1.54, 1.807) is 29.8 Å². The molecule has 0 bridgehead atoms. The molecule has 6 rings (SSSR count). The largest absolute Gasteiger partial charge is 0.340 e. The summed E-state index contributed by atoms with van der Waals surface area (Å²) in [7, 11) is 2.05. The van der Waals surface area contributed by atoms with Gasteiger partial charge in [0.1, 0.15) is 22.8 Å². The molecule has 0 radical (unpaired) electrons. The molecular weight excluding hydrogens is 537 g/mol. The van der Waals surface area contributed by atoms with Gasteiger partial charge in [-0.3, -0.25) is 9.48 Å². The second-order valence-corrected chi connectivity index (χ2v) is 11.8. The second-order valence-electron chi connectivity index (χ2n) is 10.7. The van der Waals surface area contributed by atoms with Crippen LogP contribution < -0.4 is 5.32 Å². The third-order valence-corrected chi connectivity index (χ3v) is 8.73. The van der Waals surface area contributed by atoms with Crippen molar-refractivity contribution in [1.82, 2.24) is 29.5 Å². The minimum atomic E-state index is -0.251. The lowest BCUT2D eigenvalue weighted by Crippen LogP contribution is -2.34. The quantitative estimate of drug-likeness (QED) is 0.240. The molecule has 0 unspecified atom stereocenters. The maximum Gasteiger partial charge on any atom is 0.246 e. The highest BCUT2D eigenvalue weighted by atomic mass is 32.1. The van der Waals surface area contributed by atoms with Crippen molar-refractivity contribution in [2.75, 3.05) is 25.5 Å². The van der Waals surface area contributed by atoms with Crippen molar-refractivity contribution in [2.24, 2.45) is 0 Å². The molecule has 41 heavy (non-hydrogen) atoms. The summed E-state index contributed by atoms with van der Waals surface area (Å²) in [4.78, 5) is 28.2. The molecule has 5 aromatic rings. The van der Waals surface area contributed by atoms with E-state index in [0.29, 0.717) is 25.7 Å². The molecule has 0 spiro atoms. The summed E-state index contributed by atoms with van der Waals surface area (Å²) in [5, 5.41) is 10.0. The van der Waals surface area contributed by atoms with Gasteiger partial charge in [-0.25, -0.2) is 14.4 Å². The van der Waals surface area contributed by atoms with Gasteiger partial charge >= 0.3 is 0 Å². The Kier molecular flexibility index (Phi) is 7.51. The van der Waals surface area contributed by atoms with Gasteiger partial charge in [-0.2, -0.15) is 5.10 Å². The Hall–Kier alpha value is -4.15. The lowest BCUT2D eigenvalue weighted by Gasteiger charge is -2.26. The first-order chi connectivity index (χ1) is 19.9. The van der Waals surface area contributed by atoms with Crippen LogP contribution in [0.2, 0.25) is 0 Å². The molecule has 0 aliphatic carbocycles. The Bertz CT molecular complexity index is 1760. The smallest absolute Gasteiger partial charge is 0.246 e. The number of amides is 1. The number of carbonyl (C=O) groups excluding carboxylic acids is 1. The second kappa shape index (κ2) is 11.4. The van der Waals surface area contributed by atoms with E-state index in [1.807, 2.05) is 46.1 Å². The monoisotopic (exact) mass is 569 g/mol. The van der Waals surface area contributed by atoms with Crippen LogP contribution in [-0.4, -0.2) is 61.6 Å². The molecule has 2 aromatic carbocycles. The fourth-order valence-corrected chi connectivity index (χ4v) is 6.29. The topological polar surface area (TPSA) is 79.2 Å². The van der Waals surface area contributed by atoms with Crippen LogP contribution in [0, 0.1) is 5.82 Å². The van der Waals surface area contributed by atoms with Crippen LogP contribution in [-0.2, 0) is 24.3 Å². The minimum Gasteiger partial charge on any atom is -0.340 e. The number of benzene rings is 2. The maximum absolute atomic E-state index is 13.6. The fraction of sp³-hybridized carbons (Fsp3) is 0.290. The van der Waals surface area contributed by atoms with E-state index in [0.717, 1.165) is 56.0 Å². The minimum absolute atomic E-state index is 0.0425. The summed E-state index contributed by atoms with van der Waals surface area (Å²) in [5.41, 5.74) is 3.93. The maximum atomic E-state index is 13.6. The molecule has 10 heteroatoms. The summed E-state index contributed by atoms with van der Waals surface area (Å²) in [6, 6.07) is 13.1. The number of anilines is 2. The molecule has 0 atom stereocenters. The van der Waals surface area contributed by atoms with Crippen molar-refractivity contribution >= 4 is 49.9 Å². The van der Waals surface area contributed by atoms with Gasteiger partial charge in [-0.15, -0.1) is 11.3 Å². The number of fused-ring (bicyclic) bond motifs is 4. The Morgan fingerprint density at radius 2 is 2.10 bits per heavy atom. The van der Waals surface area contributed by atoms with Crippen LogP contribution in [0.15, 0.2) is 67.1 Å². The average Bonchev–Trinajstić information content (AvgIpc) is 3.53. The standard InChI is InChI=1S/C31H32FN7OS/c1-20(2)37(3)12-5-8-28(40)38-13-11-25-27(18-38)41-31-29(25)30(33-19-34-31)36-24-9-10-26-22(15-24)16-35-39(26)17-21-6-4-7-23(32)14-21/h4-10,14-16,19-20H,11-13,17-18H2,1-3H3,(H,33,34,36). The summed E-state index contributed by atoms with van der Waals surface area (Å²) in [5.74, 6) is 0.551. The Balaban J connectivity index is 1.20. The predicted octanol–water partition coefficient (Wildman–Crippen LogP) is 5.75. The molecule has 1 aliphatic heterocycles. The van der Waals surface area contributed by atoms with Crippen LogP contribution in [0.4, 0.5) is 15.9 Å². The SMILES string of the molecule is CC(C)N(C)CC=CC(=O)N1CCc2c(sc3ncnc(Nc4ccc5c(cnn5Cc5cccc(F)c5)c4)c23)C1. The zero-order valence-corrected chi connectivity index (χ0v) is 24.2. The molecule has 8 nitrogen and oxygen atoms in total. The summed E-state index contributed by atoms with van der Waals surface area (Å²) in [6.45, 7) is 6.75. The van der Waals surface area contributed by atoms with Crippen LogP contribution in [0.25, 0.3) is 21.1 Å². The highest BCUT2D eigenvalue weighted by molar-refractivity contribution is 7.19. The van der Waals surface area contributed by atoms with Crippen molar-refractivity contribution in [1.29, 1.82) is 0 Å². The number of hydrogen-bond donors (Lipinski definition) is 1. The number of hydrogen-bond acceptors (Lipinski definition) is 7. The number of aromatic nitrogens is 4. The number of nitrogens with zero attached hydrogens (tertiary/aromatic N) is 6. The van der Waals surface area contributed by atoms with Crippen LogP contribution in [0.3, 0.4) is 0 Å². The van der Waals surface area contributed by atoms with E-state index in [9.17, 15) is 9.18 Å². The fourth-order valence-electron chi connectivity index (χ4n) is 5.08. The zero-order chi connectivity index (χ0) is 28.5. The number of halogens is 1. The molecule has 1 N–H and O–H groups in total. The lowest BCUT2D eigenvalue weighted by molar-refractivity contribution is -0.126. The highest BCUT2D eigenvalue weighted by Gasteiger charge is 2.25. The molecule has 0 saturated carbocycles. The van der Waals surface area contributed by atoms with E-state index in [-0.39, 0.29) is 11.7 Å². The van der Waals surface area contributed by atoms with Crippen molar-refractivity contribution < 1.29 is 9.18 Å².